The predicted molar refractivity (Wildman–Crippen MR) is 85.3 cm³/mol. The molecule has 0 fully saturated rings. The lowest BCUT2D eigenvalue weighted by molar-refractivity contribution is -0.124. The maximum Gasteiger partial charge on any atom is 0.339 e. The fraction of sp³-hybridized carbons (Fsp3) is 0.250. The number of amides is 2. The van der Waals surface area contributed by atoms with Crippen molar-refractivity contribution < 1.29 is 28.4 Å². The zero-order chi connectivity index (χ0) is 18.0. The average Bonchev–Trinajstić information content (AvgIpc) is 2.99. The molecule has 1 aliphatic heterocycles. The summed E-state index contributed by atoms with van der Waals surface area (Å²) in [5.41, 5.74) is 1.28. The summed E-state index contributed by atoms with van der Waals surface area (Å²) in [6.45, 7) is 3.02. The van der Waals surface area contributed by atoms with Gasteiger partial charge < -0.3 is 19.3 Å². The van der Waals surface area contributed by atoms with Crippen LogP contribution in [0.25, 0.3) is 0 Å². The van der Waals surface area contributed by atoms with Crippen molar-refractivity contribution in [3.8, 4) is 5.75 Å². The highest BCUT2D eigenvalue weighted by molar-refractivity contribution is 5.99. The Morgan fingerprint density at radius 3 is 2.88 bits per heavy atom. The van der Waals surface area contributed by atoms with Crippen LogP contribution in [0.2, 0.25) is 0 Å². The summed E-state index contributed by atoms with van der Waals surface area (Å²) in [6, 6.07) is 5.99. The van der Waals surface area contributed by atoms with Crippen LogP contribution in [0, 0.1) is 6.92 Å². The van der Waals surface area contributed by atoms with E-state index in [1.165, 1.54) is 25.1 Å². The van der Waals surface area contributed by atoms with Crippen LogP contribution >= 0.6 is 0 Å². The highest BCUT2D eigenvalue weighted by Crippen LogP contribution is 2.28. The molecule has 1 aromatic carbocycles. The standard InChI is InChI=1S/C16H15N3O6/c1-8-5-14(25-19-8)18-15(21)9(2)24-16(22)10-3-4-11-12(6-10)23-7-13(20)17-11/h3-6,9H,7H2,1-2H3,(H,17,20)(H,18,21). The number of fused-ring (bicyclic) bond motifs is 1. The van der Waals surface area contributed by atoms with Crippen LogP contribution in [0.4, 0.5) is 11.6 Å². The molecule has 3 rings (SSSR count). The molecule has 0 aliphatic carbocycles. The van der Waals surface area contributed by atoms with Crippen molar-refractivity contribution >= 4 is 29.4 Å². The fourth-order valence-corrected chi connectivity index (χ4v) is 2.13. The molecular weight excluding hydrogens is 330 g/mol. The largest absolute Gasteiger partial charge is 0.482 e. The van der Waals surface area contributed by atoms with Gasteiger partial charge in [-0.3, -0.25) is 14.9 Å². The molecule has 1 unspecified atom stereocenters. The number of esters is 1. The Balaban J connectivity index is 1.63. The number of hydrogen-bond acceptors (Lipinski definition) is 7. The smallest absolute Gasteiger partial charge is 0.339 e. The number of anilines is 2. The van der Waals surface area contributed by atoms with E-state index in [1.807, 2.05) is 0 Å². The Hall–Kier alpha value is -3.36. The van der Waals surface area contributed by atoms with Gasteiger partial charge in [0.1, 0.15) is 5.75 Å². The van der Waals surface area contributed by atoms with Crippen molar-refractivity contribution in [3.05, 3.63) is 35.5 Å². The zero-order valence-electron chi connectivity index (χ0n) is 13.5. The normalized spacial score (nSPS) is 13.9. The van der Waals surface area contributed by atoms with Crippen molar-refractivity contribution in [2.75, 3.05) is 17.2 Å². The first-order chi connectivity index (χ1) is 11.9. The van der Waals surface area contributed by atoms with E-state index in [9.17, 15) is 14.4 Å². The molecule has 0 radical (unpaired) electrons. The SMILES string of the molecule is Cc1cc(NC(=O)C(C)OC(=O)c2ccc3c(c2)OCC(=O)N3)on1. The van der Waals surface area contributed by atoms with E-state index in [1.54, 1.807) is 13.0 Å². The van der Waals surface area contributed by atoms with Crippen molar-refractivity contribution in [2.45, 2.75) is 20.0 Å². The van der Waals surface area contributed by atoms with Gasteiger partial charge in [0.2, 0.25) is 5.88 Å². The number of carbonyl (C=O) groups is 3. The second-order valence-corrected chi connectivity index (χ2v) is 5.42. The zero-order valence-corrected chi connectivity index (χ0v) is 13.5. The van der Waals surface area contributed by atoms with Crippen LogP contribution in [0.3, 0.4) is 0 Å². The molecule has 0 spiro atoms. The molecule has 0 bridgehead atoms. The van der Waals surface area contributed by atoms with Crippen LogP contribution < -0.4 is 15.4 Å². The van der Waals surface area contributed by atoms with Gasteiger partial charge >= 0.3 is 5.97 Å². The lowest BCUT2D eigenvalue weighted by atomic mass is 10.1. The molecule has 9 heteroatoms. The maximum absolute atomic E-state index is 12.2. The number of ether oxygens (including phenoxy) is 2. The van der Waals surface area contributed by atoms with E-state index >= 15 is 0 Å². The Bertz CT molecular complexity index is 844. The van der Waals surface area contributed by atoms with Crippen LogP contribution in [-0.4, -0.2) is 35.7 Å². The second kappa shape index (κ2) is 6.63. The summed E-state index contributed by atoms with van der Waals surface area (Å²) in [6.07, 6.45) is -1.05. The number of hydrogen-bond donors (Lipinski definition) is 2. The van der Waals surface area contributed by atoms with E-state index in [2.05, 4.69) is 15.8 Å². The van der Waals surface area contributed by atoms with Crippen LogP contribution in [0.1, 0.15) is 23.0 Å². The van der Waals surface area contributed by atoms with E-state index in [0.717, 1.165) is 0 Å². The molecule has 2 amide bonds. The highest BCUT2D eigenvalue weighted by Gasteiger charge is 2.22. The van der Waals surface area contributed by atoms with E-state index in [4.69, 9.17) is 14.0 Å². The molecule has 9 nitrogen and oxygen atoms in total. The Morgan fingerprint density at radius 2 is 2.16 bits per heavy atom. The molecule has 130 valence electrons. The Labute approximate surface area is 142 Å². The summed E-state index contributed by atoms with van der Waals surface area (Å²) in [5.74, 6) is -0.979. The summed E-state index contributed by atoms with van der Waals surface area (Å²) < 4.78 is 15.2. The van der Waals surface area contributed by atoms with Crippen molar-refractivity contribution in [1.29, 1.82) is 0 Å². The number of rotatable bonds is 4. The Kier molecular flexibility index (Phi) is 4.38. The molecule has 1 aromatic heterocycles. The van der Waals surface area contributed by atoms with Crippen molar-refractivity contribution in [1.82, 2.24) is 5.16 Å². The van der Waals surface area contributed by atoms with E-state index in [-0.39, 0.29) is 24.0 Å². The third-order valence-corrected chi connectivity index (χ3v) is 3.38. The lowest BCUT2D eigenvalue weighted by Crippen LogP contribution is -2.30. The lowest BCUT2D eigenvalue weighted by Gasteiger charge is -2.18. The number of aryl methyl sites for hydroxylation is 1. The monoisotopic (exact) mass is 345 g/mol. The third-order valence-electron chi connectivity index (χ3n) is 3.38. The number of aromatic nitrogens is 1. The first-order valence-electron chi connectivity index (χ1n) is 7.44. The van der Waals surface area contributed by atoms with Gasteiger partial charge in [0.25, 0.3) is 11.8 Å². The molecular formula is C16H15N3O6. The molecule has 1 aliphatic rings. The molecule has 1 atom stereocenters. The van der Waals surface area contributed by atoms with Gasteiger partial charge in [-0.15, -0.1) is 0 Å². The number of nitrogens with zero attached hydrogens (tertiary/aromatic N) is 1. The number of carbonyl (C=O) groups excluding carboxylic acids is 3. The summed E-state index contributed by atoms with van der Waals surface area (Å²) >= 11 is 0. The van der Waals surface area contributed by atoms with Crippen molar-refractivity contribution in [2.24, 2.45) is 0 Å². The van der Waals surface area contributed by atoms with Crippen LogP contribution in [0.15, 0.2) is 28.8 Å². The predicted octanol–water partition coefficient (Wildman–Crippen LogP) is 1.50. The average molecular weight is 345 g/mol. The van der Waals surface area contributed by atoms with Gasteiger partial charge in [0, 0.05) is 6.07 Å². The summed E-state index contributed by atoms with van der Waals surface area (Å²) in [7, 11) is 0. The number of benzene rings is 1. The second-order valence-electron chi connectivity index (χ2n) is 5.42. The minimum Gasteiger partial charge on any atom is -0.482 e. The molecule has 2 N–H and O–H groups in total. The first kappa shape index (κ1) is 16.5. The van der Waals surface area contributed by atoms with Gasteiger partial charge in [0.15, 0.2) is 12.7 Å². The molecule has 25 heavy (non-hydrogen) atoms. The summed E-state index contributed by atoms with van der Waals surface area (Å²) in [4.78, 5) is 35.4. The fourth-order valence-electron chi connectivity index (χ4n) is 2.13. The van der Waals surface area contributed by atoms with Crippen LogP contribution in [0.5, 0.6) is 5.75 Å². The van der Waals surface area contributed by atoms with Gasteiger partial charge in [-0.2, -0.15) is 0 Å². The number of nitrogens with one attached hydrogen (secondary N) is 2. The van der Waals surface area contributed by atoms with Gasteiger partial charge in [-0.05, 0) is 32.0 Å². The van der Waals surface area contributed by atoms with E-state index in [0.29, 0.717) is 17.1 Å². The molecule has 2 aromatic rings. The van der Waals surface area contributed by atoms with Gasteiger partial charge in [-0.25, -0.2) is 4.79 Å². The molecule has 0 saturated heterocycles. The van der Waals surface area contributed by atoms with E-state index < -0.39 is 18.0 Å². The maximum atomic E-state index is 12.2. The minimum absolute atomic E-state index is 0.124. The Morgan fingerprint density at radius 1 is 1.36 bits per heavy atom. The minimum atomic E-state index is -1.05. The van der Waals surface area contributed by atoms with Crippen molar-refractivity contribution in [3.63, 3.8) is 0 Å². The summed E-state index contributed by atoms with van der Waals surface area (Å²) in [5, 5.41) is 8.72. The topological polar surface area (TPSA) is 120 Å². The van der Waals surface area contributed by atoms with Gasteiger partial charge in [0.05, 0.1) is 16.9 Å². The third kappa shape index (κ3) is 3.77. The van der Waals surface area contributed by atoms with Gasteiger partial charge in [-0.1, -0.05) is 5.16 Å². The highest BCUT2D eigenvalue weighted by atomic mass is 16.5. The first-order valence-corrected chi connectivity index (χ1v) is 7.44. The quantitative estimate of drug-likeness (QED) is 0.806. The van der Waals surface area contributed by atoms with Crippen LogP contribution in [-0.2, 0) is 14.3 Å². The molecule has 0 saturated carbocycles. The molecule has 2 heterocycles.